The lowest BCUT2D eigenvalue weighted by molar-refractivity contribution is -0.121. The molecule has 0 unspecified atom stereocenters. The Balaban J connectivity index is 1.70. The van der Waals surface area contributed by atoms with Gasteiger partial charge >= 0.3 is 6.09 Å². The number of oxazole rings is 1. The van der Waals surface area contributed by atoms with Gasteiger partial charge in [-0.2, -0.15) is 0 Å². The topological polar surface area (TPSA) is 93.5 Å². The van der Waals surface area contributed by atoms with Gasteiger partial charge in [0.25, 0.3) is 0 Å². The van der Waals surface area contributed by atoms with Gasteiger partial charge in [0.2, 0.25) is 11.8 Å². The van der Waals surface area contributed by atoms with E-state index in [1.54, 1.807) is 20.8 Å². The van der Waals surface area contributed by atoms with Crippen LogP contribution < -0.4 is 10.6 Å². The van der Waals surface area contributed by atoms with Gasteiger partial charge in [-0.25, -0.2) is 9.78 Å². The van der Waals surface area contributed by atoms with Crippen LogP contribution in [0, 0.1) is 0 Å². The number of benzene rings is 1. The maximum atomic E-state index is 11.7. The molecular formula is C16H21N3O4. The van der Waals surface area contributed by atoms with Crippen LogP contribution in [0.1, 0.15) is 33.1 Å². The number of nitrogens with zero attached hydrogens (tertiary/aromatic N) is 1. The third-order valence-electron chi connectivity index (χ3n) is 2.80. The smallest absolute Gasteiger partial charge is 0.407 e. The maximum Gasteiger partial charge on any atom is 0.407 e. The second-order valence-corrected chi connectivity index (χ2v) is 6.03. The molecule has 0 radical (unpaired) electrons. The number of amides is 2. The minimum absolute atomic E-state index is 0.152. The van der Waals surface area contributed by atoms with Crippen LogP contribution >= 0.6 is 0 Å². The van der Waals surface area contributed by atoms with Crippen molar-refractivity contribution in [1.82, 2.24) is 15.6 Å². The Morgan fingerprint density at radius 3 is 2.65 bits per heavy atom. The van der Waals surface area contributed by atoms with Crippen molar-refractivity contribution >= 4 is 23.1 Å². The average Bonchev–Trinajstić information content (AvgIpc) is 2.86. The van der Waals surface area contributed by atoms with Gasteiger partial charge in [0, 0.05) is 13.0 Å². The van der Waals surface area contributed by atoms with E-state index in [0.717, 1.165) is 5.52 Å². The molecule has 2 rings (SSSR count). The molecule has 0 atom stereocenters. The van der Waals surface area contributed by atoms with Gasteiger partial charge in [0.15, 0.2) is 5.58 Å². The first-order valence-corrected chi connectivity index (χ1v) is 7.41. The van der Waals surface area contributed by atoms with E-state index in [2.05, 4.69) is 15.6 Å². The molecule has 0 aliphatic rings. The summed E-state index contributed by atoms with van der Waals surface area (Å²) < 4.78 is 10.6. The number of para-hydroxylation sites is 2. The van der Waals surface area contributed by atoms with E-state index in [4.69, 9.17) is 9.15 Å². The van der Waals surface area contributed by atoms with Crippen molar-refractivity contribution < 1.29 is 18.7 Å². The Labute approximate surface area is 134 Å². The van der Waals surface area contributed by atoms with E-state index in [0.29, 0.717) is 11.5 Å². The van der Waals surface area contributed by atoms with E-state index >= 15 is 0 Å². The van der Waals surface area contributed by atoms with Crippen molar-refractivity contribution in [3.63, 3.8) is 0 Å². The minimum Gasteiger partial charge on any atom is -0.444 e. The highest BCUT2D eigenvalue weighted by Crippen LogP contribution is 2.14. The maximum absolute atomic E-state index is 11.7. The number of carbonyl (C=O) groups excluding carboxylic acids is 2. The van der Waals surface area contributed by atoms with Gasteiger partial charge in [-0.15, -0.1) is 0 Å². The van der Waals surface area contributed by atoms with Crippen molar-refractivity contribution in [2.24, 2.45) is 0 Å². The SMILES string of the molecule is CC(C)(C)OC(=O)NCCC(=O)NCc1nc2ccccc2o1. The third kappa shape index (κ3) is 5.61. The highest BCUT2D eigenvalue weighted by atomic mass is 16.6. The molecule has 0 aliphatic heterocycles. The van der Waals surface area contributed by atoms with Crippen molar-refractivity contribution in [3.8, 4) is 0 Å². The van der Waals surface area contributed by atoms with Crippen LogP contribution in [-0.2, 0) is 16.1 Å². The molecule has 124 valence electrons. The van der Waals surface area contributed by atoms with Crippen LogP contribution in [-0.4, -0.2) is 29.1 Å². The van der Waals surface area contributed by atoms with Gasteiger partial charge in [-0.1, -0.05) is 12.1 Å². The summed E-state index contributed by atoms with van der Waals surface area (Å²) in [6.07, 6.45) is -0.385. The highest BCUT2D eigenvalue weighted by Gasteiger charge is 2.16. The highest BCUT2D eigenvalue weighted by molar-refractivity contribution is 5.77. The number of aromatic nitrogens is 1. The third-order valence-corrected chi connectivity index (χ3v) is 2.80. The summed E-state index contributed by atoms with van der Waals surface area (Å²) in [7, 11) is 0. The fourth-order valence-electron chi connectivity index (χ4n) is 1.85. The van der Waals surface area contributed by atoms with Crippen LogP contribution in [0.15, 0.2) is 28.7 Å². The summed E-state index contributed by atoms with van der Waals surface area (Å²) in [5, 5.41) is 5.22. The summed E-state index contributed by atoms with van der Waals surface area (Å²) in [4.78, 5) is 27.4. The fraction of sp³-hybridized carbons (Fsp3) is 0.438. The zero-order valence-corrected chi connectivity index (χ0v) is 13.5. The van der Waals surface area contributed by atoms with Crippen LogP contribution in [0.2, 0.25) is 0 Å². The van der Waals surface area contributed by atoms with Gasteiger partial charge < -0.3 is 19.8 Å². The van der Waals surface area contributed by atoms with E-state index in [1.807, 2.05) is 24.3 Å². The Kier molecular flexibility index (Phi) is 5.20. The summed E-state index contributed by atoms with van der Waals surface area (Å²) in [5.41, 5.74) is 0.880. The number of hydrogen-bond donors (Lipinski definition) is 2. The average molecular weight is 319 g/mol. The molecule has 0 spiro atoms. The largest absolute Gasteiger partial charge is 0.444 e. The predicted octanol–water partition coefficient (Wildman–Crippen LogP) is 2.36. The number of ether oxygens (including phenoxy) is 1. The quantitative estimate of drug-likeness (QED) is 0.882. The molecule has 0 fully saturated rings. The molecule has 2 amide bonds. The molecule has 1 heterocycles. The Morgan fingerprint density at radius 1 is 1.22 bits per heavy atom. The molecule has 2 N–H and O–H groups in total. The summed E-state index contributed by atoms with van der Waals surface area (Å²) in [6.45, 7) is 5.74. The van der Waals surface area contributed by atoms with Crippen molar-refractivity contribution in [2.75, 3.05) is 6.54 Å². The van der Waals surface area contributed by atoms with E-state index in [1.165, 1.54) is 0 Å². The van der Waals surface area contributed by atoms with Gasteiger partial charge in [0.05, 0.1) is 6.54 Å². The molecular weight excluding hydrogens is 298 g/mol. The second-order valence-electron chi connectivity index (χ2n) is 6.03. The van der Waals surface area contributed by atoms with Gasteiger partial charge in [-0.3, -0.25) is 4.79 Å². The van der Waals surface area contributed by atoms with Crippen LogP contribution in [0.25, 0.3) is 11.1 Å². The molecule has 0 saturated carbocycles. The van der Waals surface area contributed by atoms with E-state index in [-0.39, 0.29) is 25.4 Å². The number of rotatable bonds is 5. The lowest BCUT2D eigenvalue weighted by atomic mass is 10.2. The number of hydrogen-bond acceptors (Lipinski definition) is 5. The van der Waals surface area contributed by atoms with Gasteiger partial charge in [-0.05, 0) is 32.9 Å². The van der Waals surface area contributed by atoms with Crippen molar-refractivity contribution in [2.45, 2.75) is 39.3 Å². The van der Waals surface area contributed by atoms with Gasteiger partial charge in [0.1, 0.15) is 11.1 Å². The Bertz CT molecular complexity index is 655. The Hall–Kier alpha value is -2.57. The molecule has 7 heteroatoms. The van der Waals surface area contributed by atoms with Crippen molar-refractivity contribution in [1.29, 1.82) is 0 Å². The first-order chi connectivity index (χ1) is 10.8. The molecule has 1 aromatic heterocycles. The van der Waals surface area contributed by atoms with E-state index in [9.17, 15) is 9.59 Å². The van der Waals surface area contributed by atoms with Crippen LogP contribution in [0.3, 0.4) is 0 Å². The number of nitrogens with one attached hydrogen (secondary N) is 2. The minimum atomic E-state index is -0.556. The first kappa shape index (κ1) is 16.8. The normalized spacial score (nSPS) is 11.3. The molecule has 7 nitrogen and oxygen atoms in total. The molecule has 1 aromatic carbocycles. The molecule has 2 aromatic rings. The fourth-order valence-corrected chi connectivity index (χ4v) is 1.85. The lowest BCUT2D eigenvalue weighted by Gasteiger charge is -2.19. The zero-order chi connectivity index (χ0) is 16.9. The molecule has 0 saturated heterocycles. The predicted molar refractivity (Wildman–Crippen MR) is 84.7 cm³/mol. The molecule has 0 aliphatic carbocycles. The second kappa shape index (κ2) is 7.13. The first-order valence-electron chi connectivity index (χ1n) is 7.41. The summed E-state index contributed by atoms with van der Waals surface area (Å²) in [5.74, 6) is 0.239. The monoisotopic (exact) mass is 319 g/mol. The van der Waals surface area contributed by atoms with E-state index < -0.39 is 11.7 Å². The number of carbonyl (C=O) groups is 2. The summed E-state index contributed by atoms with van der Waals surface area (Å²) >= 11 is 0. The van der Waals surface area contributed by atoms with Crippen LogP contribution in [0.4, 0.5) is 4.79 Å². The molecule has 23 heavy (non-hydrogen) atoms. The lowest BCUT2D eigenvalue weighted by Crippen LogP contribution is -2.35. The number of alkyl carbamates (subject to hydrolysis) is 1. The summed E-state index contributed by atoms with van der Waals surface area (Å²) in [6, 6.07) is 7.39. The zero-order valence-electron chi connectivity index (χ0n) is 13.5. The molecule has 0 bridgehead atoms. The Morgan fingerprint density at radius 2 is 1.96 bits per heavy atom. The standard InChI is InChI=1S/C16H21N3O4/c1-16(2,3)23-15(21)17-9-8-13(20)18-10-14-19-11-6-4-5-7-12(11)22-14/h4-7H,8-10H2,1-3H3,(H,17,21)(H,18,20). The number of fused-ring (bicyclic) bond motifs is 1. The van der Waals surface area contributed by atoms with Crippen LogP contribution in [0.5, 0.6) is 0 Å². The van der Waals surface area contributed by atoms with Crippen molar-refractivity contribution in [3.05, 3.63) is 30.2 Å².